The Morgan fingerprint density at radius 2 is 2.50 bits per heavy atom. The summed E-state index contributed by atoms with van der Waals surface area (Å²) in [5.41, 5.74) is 5.64. The van der Waals surface area contributed by atoms with Crippen LogP contribution in [0.1, 0.15) is 20.3 Å². The van der Waals surface area contributed by atoms with Gasteiger partial charge in [0.25, 0.3) is 0 Å². The molecule has 1 saturated heterocycles. The summed E-state index contributed by atoms with van der Waals surface area (Å²) < 4.78 is 0. The summed E-state index contributed by atoms with van der Waals surface area (Å²) in [4.78, 5) is 14.0. The molecule has 1 amide bonds. The fraction of sp³-hybridized carbons (Fsp3) is 0.778. The number of carbonyl (C=O) groups is 1. The van der Waals surface area contributed by atoms with Crippen molar-refractivity contribution in [2.45, 2.75) is 32.4 Å². The lowest BCUT2D eigenvalue weighted by Crippen LogP contribution is -2.59. The second kappa shape index (κ2) is 4.70. The van der Waals surface area contributed by atoms with Gasteiger partial charge in [-0.3, -0.25) is 9.69 Å². The molecule has 3 N–H and O–H groups in total. The normalized spacial score (nSPS) is 25.6. The van der Waals surface area contributed by atoms with E-state index in [4.69, 9.17) is 18.0 Å². The van der Waals surface area contributed by atoms with Gasteiger partial charge in [0.1, 0.15) is 0 Å². The molecule has 0 aliphatic carbocycles. The van der Waals surface area contributed by atoms with Crippen molar-refractivity contribution in [3.8, 4) is 0 Å². The SMILES string of the molecule is CCC(C(N)=S)N1CCNC(=O)C1C. The number of amides is 1. The number of nitrogens with zero attached hydrogens (tertiary/aromatic N) is 1. The van der Waals surface area contributed by atoms with Crippen LogP contribution < -0.4 is 11.1 Å². The zero-order valence-corrected chi connectivity index (χ0v) is 9.43. The quantitative estimate of drug-likeness (QED) is 0.644. The molecule has 5 heteroatoms. The Morgan fingerprint density at radius 1 is 1.86 bits per heavy atom. The summed E-state index contributed by atoms with van der Waals surface area (Å²) in [5.74, 6) is 0.0611. The maximum atomic E-state index is 11.4. The predicted molar refractivity (Wildman–Crippen MR) is 60.0 cm³/mol. The highest BCUT2D eigenvalue weighted by Crippen LogP contribution is 2.12. The molecule has 0 aromatic heterocycles. The maximum absolute atomic E-state index is 11.4. The average Bonchev–Trinajstić information content (AvgIpc) is 2.13. The van der Waals surface area contributed by atoms with E-state index >= 15 is 0 Å². The van der Waals surface area contributed by atoms with Crippen LogP contribution in [-0.2, 0) is 4.79 Å². The largest absolute Gasteiger partial charge is 0.392 e. The topological polar surface area (TPSA) is 58.4 Å². The molecule has 1 rings (SSSR count). The second-order valence-corrected chi connectivity index (χ2v) is 4.00. The highest BCUT2D eigenvalue weighted by Gasteiger charge is 2.31. The molecule has 0 aromatic carbocycles. The van der Waals surface area contributed by atoms with Gasteiger partial charge in [-0.1, -0.05) is 19.1 Å². The van der Waals surface area contributed by atoms with Gasteiger partial charge in [-0.05, 0) is 13.3 Å². The van der Waals surface area contributed by atoms with Crippen LogP contribution in [0, 0.1) is 0 Å². The van der Waals surface area contributed by atoms with E-state index in [1.165, 1.54) is 0 Å². The van der Waals surface area contributed by atoms with E-state index < -0.39 is 0 Å². The van der Waals surface area contributed by atoms with Crippen LogP contribution >= 0.6 is 12.2 Å². The minimum Gasteiger partial charge on any atom is -0.392 e. The van der Waals surface area contributed by atoms with Gasteiger partial charge in [0.2, 0.25) is 5.91 Å². The van der Waals surface area contributed by atoms with Crippen molar-refractivity contribution in [3.05, 3.63) is 0 Å². The van der Waals surface area contributed by atoms with Gasteiger partial charge in [0.15, 0.2) is 0 Å². The van der Waals surface area contributed by atoms with E-state index in [0.29, 0.717) is 11.5 Å². The number of hydrogen-bond donors (Lipinski definition) is 2. The highest BCUT2D eigenvalue weighted by atomic mass is 32.1. The smallest absolute Gasteiger partial charge is 0.237 e. The second-order valence-electron chi connectivity index (χ2n) is 3.53. The molecule has 1 aliphatic rings. The van der Waals surface area contributed by atoms with Crippen LogP contribution in [0.5, 0.6) is 0 Å². The Labute approximate surface area is 89.8 Å². The molecule has 80 valence electrons. The van der Waals surface area contributed by atoms with E-state index in [0.717, 1.165) is 13.0 Å². The maximum Gasteiger partial charge on any atom is 0.237 e. The Balaban J connectivity index is 2.73. The first-order chi connectivity index (χ1) is 6.57. The molecule has 0 radical (unpaired) electrons. The van der Waals surface area contributed by atoms with Crippen LogP contribution in [0.3, 0.4) is 0 Å². The van der Waals surface area contributed by atoms with Crippen molar-refractivity contribution < 1.29 is 4.79 Å². The first-order valence-electron chi connectivity index (χ1n) is 4.90. The molecule has 0 bridgehead atoms. The van der Waals surface area contributed by atoms with Crippen molar-refractivity contribution in [3.63, 3.8) is 0 Å². The molecule has 14 heavy (non-hydrogen) atoms. The number of carbonyl (C=O) groups excluding carboxylic acids is 1. The van der Waals surface area contributed by atoms with Gasteiger partial charge in [-0.25, -0.2) is 0 Å². The van der Waals surface area contributed by atoms with E-state index in [-0.39, 0.29) is 18.0 Å². The monoisotopic (exact) mass is 215 g/mol. The van der Waals surface area contributed by atoms with E-state index in [9.17, 15) is 4.79 Å². The summed E-state index contributed by atoms with van der Waals surface area (Å²) in [6.07, 6.45) is 0.854. The standard InChI is InChI=1S/C9H17N3OS/c1-3-7(8(10)14)12-5-4-11-9(13)6(12)2/h6-7H,3-5H2,1-2H3,(H2,10,14)(H,11,13). The molecule has 4 nitrogen and oxygen atoms in total. The van der Waals surface area contributed by atoms with Gasteiger partial charge in [0, 0.05) is 13.1 Å². The van der Waals surface area contributed by atoms with Crippen LogP contribution in [0.15, 0.2) is 0 Å². The molecule has 0 aromatic rings. The summed E-state index contributed by atoms with van der Waals surface area (Å²) in [5, 5.41) is 2.81. The Hall–Kier alpha value is -0.680. The minimum absolute atomic E-state index is 0.0473. The first-order valence-corrected chi connectivity index (χ1v) is 5.31. The third-order valence-electron chi connectivity index (χ3n) is 2.66. The molecule has 1 aliphatic heterocycles. The van der Waals surface area contributed by atoms with Crippen molar-refractivity contribution in [1.82, 2.24) is 10.2 Å². The molecule has 2 unspecified atom stereocenters. The first kappa shape index (κ1) is 11.4. The predicted octanol–water partition coefficient (Wildman–Crippen LogP) is -0.129. The highest BCUT2D eigenvalue weighted by molar-refractivity contribution is 7.80. The number of hydrogen-bond acceptors (Lipinski definition) is 3. The third-order valence-corrected chi connectivity index (χ3v) is 2.93. The number of nitrogens with two attached hydrogens (primary N) is 1. The molecule has 0 saturated carbocycles. The minimum atomic E-state index is -0.129. The molecule has 0 spiro atoms. The number of piperazine rings is 1. The van der Waals surface area contributed by atoms with Gasteiger partial charge in [-0.15, -0.1) is 0 Å². The Kier molecular flexibility index (Phi) is 3.83. The van der Waals surface area contributed by atoms with Gasteiger partial charge in [0.05, 0.1) is 17.1 Å². The summed E-state index contributed by atoms with van der Waals surface area (Å²) in [6.45, 7) is 5.42. The van der Waals surface area contributed by atoms with Crippen LogP contribution in [-0.4, -0.2) is 41.0 Å². The summed E-state index contributed by atoms with van der Waals surface area (Å²) in [6, 6.07) is -0.0822. The van der Waals surface area contributed by atoms with Gasteiger partial charge >= 0.3 is 0 Å². The number of rotatable bonds is 3. The Bertz CT molecular complexity index is 244. The van der Waals surface area contributed by atoms with Crippen molar-refractivity contribution in [2.75, 3.05) is 13.1 Å². The lowest BCUT2D eigenvalue weighted by Gasteiger charge is -2.37. The Morgan fingerprint density at radius 3 is 3.00 bits per heavy atom. The average molecular weight is 215 g/mol. The van der Waals surface area contributed by atoms with Crippen molar-refractivity contribution in [1.29, 1.82) is 0 Å². The number of nitrogens with one attached hydrogen (secondary N) is 1. The lowest BCUT2D eigenvalue weighted by molar-refractivity contribution is -0.128. The number of thiocarbonyl (C=S) groups is 1. The van der Waals surface area contributed by atoms with Gasteiger partial charge < -0.3 is 11.1 Å². The lowest BCUT2D eigenvalue weighted by atomic mass is 10.1. The van der Waals surface area contributed by atoms with E-state index in [2.05, 4.69) is 10.2 Å². The van der Waals surface area contributed by atoms with Crippen molar-refractivity contribution in [2.24, 2.45) is 5.73 Å². The van der Waals surface area contributed by atoms with E-state index in [1.807, 2.05) is 13.8 Å². The molecular weight excluding hydrogens is 198 g/mol. The van der Waals surface area contributed by atoms with Crippen LogP contribution in [0.2, 0.25) is 0 Å². The fourth-order valence-corrected chi connectivity index (χ4v) is 2.13. The molecule has 1 heterocycles. The third kappa shape index (κ3) is 2.22. The fourth-order valence-electron chi connectivity index (χ4n) is 1.83. The van der Waals surface area contributed by atoms with E-state index in [1.54, 1.807) is 0 Å². The molecular formula is C9H17N3OS. The van der Waals surface area contributed by atoms with Crippen molar-refractivity contribution >= 4 is 23.1 Å². The van der Waals surface area contributed by atoms with Gasteiger partial charge in [-0.2, -0.15) is 0 Å². The zero-order valence-electron chi connectivity index (χ0n) is 8.62. The zero-order chi connectivity index (χ0) is 10.7. The summed E-state index contributed by atoms with van der Waals surface area (Å²) >= 11 is 4.99. The van der Waals surface area contributed by atoms with Crippen LogP contribution in [0.25, 0.3) is 0 Å². The summed E-state index contributed by atoms with van der Waals surface area (Å²) in [7, 11) is 0. The molecule has 2 atom stereocenters. The van der Waals surface area contributed by atoms with Crippen LogP contribution in [0.4, 0.5) is 0 Å². The molecule has 1 fully saturated rings.